The van der Waals surface area contributed by atoms with Gasteiger partial charge < -0.3 is 10.4 Å². The van der Waals surface area contributed by atoms with Crippen molar-refractivity contribution in [3.63, 3.8) is 0 Å². The van der Waals surface area contributed by atoms with Crippen LogP contribution in [0.4, 0.5) is 0 Å². The van der Waals surface area contributed by atoms with Crippen molar-refractivity contribution in [2.24, 2.45) is 0 Å². The van der Waals surface area contributed by atoms with Crippen molar-refractivity contribution in [3.05, 3.63) is 47.8 Å². The molecule has 0 saturated heterocycles. The smallest absolute Gasteiger partial charge is 0.119 e. The van der Waals surface area contributed by atoms with Crippen LogP contribution in [0.1, 0.15) is 36.9 Å². The Labute approximate surface area is 119 Å². The molecule has 0 bridgehead atoms. The largest absolute Gasteiger partial charge is 0.508 e. The van der Waals surface area contributed by atoms with Gasteiger partial charge in [-0.2, -0.15) is 5.10 Å². The minimum absolute atomic E-state index is 0.365. The zero-order valence-corrected chi connectivity index (χ0v) is 11.8. The fraction of sp³-hybridized carbons (Fsp3) is 0.438. The SMILES string of the molecule is C[C@@H](CCn1cccn1)N[C@@H]1CCc2c(O)cccc21. The Bertz CT molecular complexity index is 565. The molecule has 0 amide bonds. The number of nitrogens with zero attached hydrogens (tertiary/aromatic N) is 2. The van der Waals surface area contributed by atoms with E-state index in [9.17, 15) is 5.11 Å². The van der Waals surface area contributed by atoms with E-state index in [1.54, 1.807) is 6.07 Å². The molecular formula is C16H21N3O. The second kappa shape index (κ2) is 5.67. The Morgan fingerprint density at radius 3 is 3.15 bits per heavy atom. The second-order valence-corrected chi connectivity index (χ2v) is 5.56. The fourth-order valence-electron chi connectivity index (χ4n) is 2.99. The predicted octanol–water partition coefficient (Wildman–Crippen LogP) is 2.64. The van der Waals surface area contributed by atoms with Crippen LogP contribution in [0.25, 0.3) is 0 Å². The van der Waals surface area contributed by atoms with Crippen LogP contribution in [0.5, 0.6) is 5.75 Å². The van der Waals surface area contributed by atoms with E-state index < -0.39 is 0 Å². The van der Waals surface area contributed by atoms with Crippen LogP contribution in [-0.2, 0) is 13.0 Å². The van der Waals surface area contributed by atoms with Crippen molar-refractivity contribution in [2.45, 2.75) is 44.8 Å². The van der Waals surface area contributed by atoms with Crippen molar-refractivity contribution in [3.8, 4) is 5.75 Å². The number of aromatic hydroxyl groups is 1. The number of fused-ring (bicyclic) bond motifs is 1. The summed E-state index contributed by atoms with van der Waals surface area (Å²) in [5.74, 6) is 0.441. The lowest BCUT2D eigenvalue weighted by Gasteiger charge is -2.20. The molecule has 4 heteroatoms. The number of benzene rings is 1. The van der Waals surface area contributed by atoms with Gasteiger partial charge >= 0.3 is 0 Å². The molecule has 0 spiro atoms. The molecule has 1 aliphatic carbocycles. The summed E-state index contributed by atoms with van der Waals surface area (Å²) in [6.45, 7) is 3.14. The van der Waals surface area contributed by atoms with Gasteiger partial charge in [0.25, 0.3) is 0 Å². The first-order valence-corrected chi connectivity index (χ1v) is 7.28. The number of phenols is 1. The molecule has 4 nitrogen and oxygen atoms in total. The zero-order chi connectivity index (χ0) is 13.9. The third-order valence-electron chi connectivity index (χ3n) is 4.08. The molecule has 106 valence electrons. The highest BCUT2D eigenvalue weighted by molar-refractivity contribution is 5.44. The molecule has 0 radical (unpaired) electrons. The van der Waals surface area contributed by atoms with E-state index in [1.165, 1.54) is 5.56 Å². The van der Waals surface area contributed by atoms with E-state index in [0.717, 1.165) is 31.4 Å². The van der Waals surface area contributed by atoms with Gasteiger partial charge in [-0.1, -0.05) is 12.1 Å². The Kier molecular flexibility index (Phi) is 3.74. The van der Waals surface area contributed by atoms with Crippen LogP contribution in [-0.4, -0.2) is 20.9 Å². The van der Waals surface area contributed by atoms with Crippen molar-refractivity contribution in [2.75, 3.05) is 0 Å². The normalized spacial score (nSPS) is 18.9. The molecule has 2 atom stereocenters. The molecule has 20 heavy (non-hydrogen) atoms. The minimum atomic E-state index is 0.365. The zero-order valence-electron chi connectivity index (χ0n) is 11.8. The highest BCUT2D eigenvalue weighted by atomic mass is 16.3. The maximum atomic E-state index is 9.87. The highest BCUT2D eigenvalue weighted by Gasteiger charge is 2.25. The van der Waals surface area contributed by atoms with Crippen LogP contribution in [0.2, 0.25) is 0 Å². The molecule has 1 aromatic heterocycles. The van der Waals surface area contributed by atoms with Crippen molar-refractivity contribution in [1.29, 1.82) is 0 Å². The van der Waals surface area contributed by atoms with Gasteiger partial charge in [0.1, 0.15) is 5.75 Å². The third-order valence-corrected chi connectivity index (χ3v) is 4.08. The lowest BCUT2D eigenvalue weighted by molar-refractivity contribution is 0.406. The number of phenolic OH excluding ortho intramolecular Hbond substituents is 1. The third kappa shape index (κ3) is 2.70. The average Bonchev–Trinajstić information content (AvgIpc) is 3.07. The average molecular weight is 271 g/mol. The van der Waals surface area contributed by atoms with Gasteiger partial charge in [-0.25, -0.2) is 0 Å². The maximum absolute atomic E-state index is 9.87. The van der Waals surface area contributed by atoms with Gasteiger partial charge in [-0.15, -0.1) is 0 Å². The standard InChI is InChI=1S/C16H21N3O/c1-12(8-11-19-10-3-9-17-19)18-15-7-6-14-13(15)4-2-5-16(14)20/h2-5,9-10,12,15,18,20H,6-8,11H2,1H3/t12-,15+/m0/s1. The number of hydrogen-bond acceptors (Lipinski definition) is 3. The van der Waals surface area contributed by atoms with Gasteiger partial charge in [0.2, 0.25) is 0 Å². The molecule has 2 N–H and O–H groups in total. The molecule has 0 saturated carbocycles. The van der Waals surface area contributed by atoms with Gasteiger partial charge in [-0.05, 0) is 49.4 Å². The molecule has 1 aliphatic rings. The molecule has 3 rings (SSSR count). The molecule has 0 aliphatic heterocycles. The maximum Gasteiger partial charge on any atom is 0.119 e. The van der Waals surface area contributed by atoms with E-state index in [0.29, 0.717) is 17.8 Å². The van der Waals surface area contributed by atoms with Gasteiger partial charge in [0.15, 0.2) is 0 Å². The number of hydrogen-bond donors (Lipinski definition) is 2. The molecule has 2 aromatic rings. The summed E-state index contributed by atoms with van der Waals surface area (Å²) in [7, 11) is 0. The lowest BCUT2D eigenvalue weighted by atomic mass is 10.1. The summed E-state index contributed by atoms with van der Waals surface area (Å²) >= 11 is 0. The first kappa shape index (κ1) is 13.2. The van der Waals surface area contributed by atoms with Crippen LogP contribution in [0.3, 0.4) is 0 Å². The first-order valence-electron chi connectivity index (χ1n) is 7.28. The molecule has 1 aromatic carbocycles. The number of aromatic nitrogens is 2. The summed E-state index contributed by atoms with van der Waals surface area (Å²) in [6, 6.07) is 8.58. The Morgan fingerprint density at radius 2 is 2.35 bits per heavy atom. The Balaban J connectivity index is 1.58. The van der Waals surface area contributed by atoms with Crippen LogP contribution < -0.4 is 5.32 Å². The molecule has 0 unspecified atom stereocenters. The van der Waals surface area contributed by atoms with Crippen LogP contribution >= 0.6 is 0 Å². The number of nitrogens with one attached hydrogen (secondary N) is 1. The first-order chi connectivity index (χ1) is 9.74. The number of aryl methyl sites for hydroxylation is 1. The summed E-state index contributed by atoms with van der Waals surface area (Å²) in [6.07, 6.45) is 6.89. The summed E-state index contributed by atoms with van der Waals surface area (Å²) in [4.78, 5) is 0. The lowest BCUT2D eigenvalue weighted by Crippen LogP contribution is -2.30. The van der Waals surface area contributed by atoms with Crippen molar-refractivity contribution < 1.29 is 5.11 Å². The van der Waals surface area contributed by atoms with Crippen LogP contribution in [0.15, 0.2) is 36.7 Å². The van der Waals surface area contributed by atoms with Gasteiger partial charge in [-0.3, -0.25) is 4.68 Å². The fourth-order valence-corrected chi connectivity index (χ4v) is 2.99. The van der Waals surface area contributed by atoms with Gasteiger partial charge in [0.05, 0.1) is 0 Å². The summed E-state index contributed by atoms with van der Waals surface area (Å²) in [5, 5.41) is 17.8. The molecule has 0 fully saturated rings. The number of rotatable bonds is 5. The minimum Gasteiger partial charge on any atom is -0.508 e. The topological polar surface area (TPSA) is 50.1 Å². The van der Waals surface area contributed by atoms with Gasteiger partial charge in [0, 0.05) is 31.0 Å². The van der Waals surface area contributed by atoms with E-state index in [1.807, 2.05) is 29.2 Å². The van der Waals surface area contributed by atoms with E-state index in [4.69, 9.17) is 0 Å². The molecule has 1 heterocycles. The summed E-state index contributed by atoms with van der Waals surface area (Å²) < 4.78 is 1.96. The summed E-state index contributed by atoms with van der Waals surface area (Å²) in [5.41, 5.74) is 2.38. The van der Waals surface area contributed by atoms with Crippen LogP contribution in [0, 0.1) is 0 Å². The monoisotopic (exact) mass is 271 g/mol. The Morgan fingerprint density at radius 1 is 1.45 bits per heavy atom. The van der Waals surface area contributed by atoms with E-state index in [2.05, 4.69) is 23.4 Å². The highest BCUT2D eigenvalue weighted by Crippen LogP contribution is 2.36. The second-order valence-electron chi connectivity index (χ2n) is 5.56. The van der Waals surface area contributed by atoms with Crippen molar-refractivity contribution >= 4 is 0 Å². The molecular weight excluding hydrogens is 250 g/mol. The van der Waals surface area contributed by atoms with Crippen molar-refractivity contribution in [1.82, 2.24) is 15.1 Å². The van der Waals surface area contributed by atoms with E-state index >= 15 is 0 Å². The predicted molar refractivity (Wildman–Crippen MR) is 78.6 cm³/mol. The quantitative estimate of drug-likeness (QED) is 0.879. The van der Waals surface area contributed by atoms with E-state index in [-0.39, 0.29) is 0 Å². The Hall–Kier alpha value is -1.81.